The minimum atomic E-state index is -0.760. The molecule has 0 aliphatic carbocycles. The van der Waals surface area contributed by atoms with E-state index in [9.17, 15) is 10.2 Å². The van der Waals surface area contributed by atoms with Crippen LogP contribution >= 0.6 is 0 Å². The standard InChI is InChI=1S/C29H36NO4.CH5N.K/c1-6-23(18-31)24-10-12-26(13-11-24)34-19-22-8-7-9-25(17-22)28-20(2)16-27(30-21(28)3)33-15-14-29(4,5)32;1-2;/h7-13,16-17,23,32H,6,14-15,18-19H2,1-5H3;2H2,1H3;/q-1;;+1. The van der Waals surface area contributed by atoms with Crippen molar-refractivity contribution in [2.24, 2.45) is 5.73 Å². The Labute approximate surface area is 265 Å². The maximum atomic E-state index is 11.3. The Bertz CT molecular complexity index is 1050. The van der Waals surface area contributed by atoms with Crippen molar-refractivity contribution >= 4 is 0 Å². The second kappa shape index (κ2) is 16.6. The van der Waals surface area contributed by atoms with Crippen molar-refractivity contribution in [3.8, 4) is 22.8 Å². The van der Waals surface area contributed by atoms with Gasteiger partial charge in [0.15, 0.2) is 0 Å². The van der Waals surface area contributed by atoms with Crippen molar-refractivity contribution in [1.82, 2.24) is 4.98 Å². The van der Waals surface area contributed by atoms with Crippen LogP contribution in [0.5, 0.6) is 11.6 Å². The summed E-state index contributed by atoms with van der Waals surface area (Å²) in [6.45, 7) is 10.4. The zero-order valence-corrected chi connectivity index (χ0v) is 26.6. The van der Waals surface area contributed by atoms with Gasteiger partial charge in [-0.15, -0.1) is 6.61 Å². The van der Waals surface area contributed by atoms with Crippen LogP contribution < -0.4 is 71.7 Å². The van der Waals surface area contributed by atoms with E-state index in [-0.39, 0.29) is 63.9 Å². The smallest absolute Gasteiger partial charge is 0.854 e. The summed E-state index contributed by atoms with van der Waals surface area (Å²) in [6, 6.07) is 18.1. The first-order chi connectivity index (χ1) is 17.2. The summed E-state index contributed by atoms with van der Waals surface area (Å²) >= 11 is 0. The Morgan fingerprint density at radius 3 is 2.27 bits per heavy atom. The zero-order valence-electron chi connectivity index (χ0n) is 23.5. The molecular weight excluding hydrogens is 491 g/mol. The number of hydrogen-bond acceptors (Lipinski definition) is 6. The molecule has 0 aliphatic heterocycles. The summed E-state index contributed by atoms with van der Waals surface area (Å²) in [6.07, 6.45) is 1.38. The summed E-state index contributed by atoms with van der Waals surface area (Å²) in [5.41, 5.74) is 10.0. The van der Waals surface area contributed by atoms with E-state index in [2.05, 4.69) is 35.8 Å². The first-order valence-corrected chi connectivity index (χ1v) is 12.5. The molecule has 0 fully saturated rings. The first kappa shape index (κ1) is 33.7. The Balaban J connectivity index is 0.00000223. The van der Waals surface area contributed by atoms with Crippen molar-refractivity contribution in [2.75, 3.05) is 20.3 Å². The third kappa shape index (κ3) is 10.8. The van der Waals surface area contributed by atoms with E-state index in [1.165, 1.54) is 7.05 Å². The summed E-state index contributed by atoms with van der Waals surface area (Å²) < 4.78 is 11.8. The Morgan fingerprint density at radius 2 is 1.70 bits per heavy atom. The third-order valence-electron chi connectivity index (χ3n) is 6.00. The quantitative estimate of drug-likeness (QED) is 0.366. The molecule has 0 amide bonds. The first-order valence-electron chi connectivity index (χ1n) is 12.5. The number of aliphatic hydroxyl groups is 1. The van der Waals surface area contributed by atoms with E-state index in [1.54, 1.807) is 13.8 Å². The van der Waals surface area contributed by atoms with Crippen LogP contribution in [0.4, 0.5) is 0 Å². The molecule has 1 atom stereocenters. The van der Waals surface area contributed by atoms with Crippen molar-refractivity contribution in [3.63, 3.8) is 0 Å². The van der Waals surface area contributed by atoms with Gasteiger partial charge in [0.2, 0.25) is 5.88 Å². The average Bonchev–Trinajstić information content (AvgIpc) is 2.85. The van der Waals surface area contributed by atoms with Gasteiger partial charge in [-0.3, -0.25) is 0 Å². The van der Waals surface area contributed by atoms with Crippen LogP contribution in [0.15, 0.2) is 54.6 Å². The van der Waals surface area contributed by atoms with Crippen LogP contribution in [-0.2, 0) is 6.61 Å². The molecule has 3 aromatic rings. The van der Waals surface area contributed by atoms with Crippen LogP contribution in [-0.4, -0.2) is 36.0 Å². The van der Waals surface area contributed by atoms with Crippen molar-refractivity contribution in [3.05, 3.63) is 77.0 Å². The summed E-state index contributed by atoms with van der Waals surface area (Å²) in [5, 5.41) is 21.2. The van der Waals surface area contributed by atoms with Gasteiger partial charge < -0.3 is 25.4 Å². The molecule has 3 N–H and O–H groups in total. The molecular formula is C30H41KN2O4. The molecule has 1 unspecified atom stereocenters. The molecule has 2 aromatic carbocycles. The summed E-state index contributed by atoms with van der Waals surface area (Å²) in [7, 11) is 1.50. The number of pyridine rings is 1. The van der Waals surface area contributed by atoms with Crippen molar-refractivity contribution in [1.29, 1.82) is 0 Å². The molecule has 0 bridgehead atoms. The van der Waals surface area contributed by atoms with Gasteiger partial charge in [0.1, 0.15) is 12.4 Å². The van der Waals surface area contributed by atoms with Gasteiger partial charge in [0.25, 0.3) is 0 Å². The Kier molecular flexibility index (Phi) is 15.2. The van der Waals surface area contributed by atoms with E-state index in [4.69, 9.17) is 9.47 Å². The van der Waals surface area contributed by atoms with E-state index < -0.39 is 5.60 Å². The maximum Gasteiger partial charge on any atom is 1.00 e. The fourth-order valence-electron chi connectivity index (χ4n) is 3.98. The molecule has 3 rings (SSSR count). The number of aryl methyl sites for hydroxylation is 2. The molecule has 0 saturated heterocycles. The van der Waals surface area contributed by atoms with E-state index >= 15 is 0 Å². The fourth-order valence-corrected chi connectivity index (χ4v) is 3.98. The molecule has 0 radical (unpaired) electrons. The van der Waals surface area contributed by atoms with Gasteiger partial charge in [0.05, 0.1) is 12.2 Å². The SMILES string of the molecule is CCC(C[O-])c1ccc(OCc2cccc(-c3c(C)cc(OCCC(C)(C)O)nc3C)c2)cc1.CN.[K+]. The molecule has 1 heterocycles. The maximum absolute atomic E-state index is 11.3. The number of benzene rings is 2. The predicted molar refractivity (Wildman–Crippen MR) is 144 cm³/mol. The van der Waals surface area contributed by atoms with Gasteiger partial charge >= 0.3 is 51.4 Å². The number of aromatic nitrogens is 1. The van der Waals surface area contributed by atoms with Gasteiger partial charge in [-0.2, -0.15) is 0 Å². The second-order valence-electron chi connectivity index (χ2n) is 9.48. The Morgan fingerprint density at radius 1 is 1.03 bits per heavy atom. The number of nitrogens with zero attached hydrogens (tertiary/aromatic N) is 1. The number of nitrogens with two attached hydrogens (primary N) is 1. The van der Waals surface area contributed by atoms with Gasteiger partial charge in [-0.25, -0.2) is 4.98 Å². The molecule has 0 aliphatic rings. The summed E-state index contributed by atoms with van der Waals surface area (Å²) in [4.78, 5) is 4.63. The minimum absolute atomic E-state index is 0. The third-order valence-corrected chi connectivity index (χ3v) is 6.00. The van der Waals surface area contributed by atoms with Gasteiger partial charge in [0, 0.05) is 23.7 Å². The van der Waals surface area contributed by atoms with Crippen LogP contribution in [0.2, 0.25) is 0 Å². The zero-order chi connectivity index (χ0) is 26.7. The fraction of sp³-hybridized carbons (Fsp3) is 0.433. The van der Waals surface area contributed by atoms with Crippen LogP contribution in [0, 0.1) is 13.8 Å². The average molecular weight is 533 g/mol. The number of ether oxygens (including phenoxy) is 2. The minimum Gasteiger partial charge on any atom is -0.854 e. The molecule has 7 heteroatoms. The predicted octanol–water partition coefficient (Wildman–Crippen LogP) is 1.92. The Hall–Kier alpha value is -1.29. The second-order valence-corrected chi connectivity index (χ2v) is 9.48. The largest absolute Gasteiger partial charge is 1.00 e. The van der Waals surface area contributed by atoms with E-state index in [0.717, 1.165) is 45.7 Å². The van der Waals surface area contributed by atoms with Gasteiger partial charge in [-0.05, 0) is 81.1 Å². The van der Waals surface area contributed by atoms with Crippen molar-refractivity contribution < 1.29 is 71.1 Å². The van der Waals surface area contributed by atoms with E-state index in [0.29, 0.717) is 25.5 Å². The topological polar surface area (TPSA) is 101 Å². The normalized spacial score (nSPS) is 11.6. The molecule has 196 valence electrons. The number of hydrogen-bond donors (Lipinski definition) is 2. The van der Waals surface area contributed by atoms with E-state index in [1.807, 2.05) is 50.2 Å². The monoisotopic (exact) mass is 532 g/mol. The van der Waals surface area contributed by atoms with Crippen LogP contribution in [0.25, 0.3) is 11.1 Å². The molecule has 0 spiro atoms. The summed E-state index contributed by atoms with van der Waals surface area (Å²) in [5.74, 6) is 1.42. The van der Waals surface area contributed by atoms with Crippen molar-refractivity contribution in [2.45, 2.75) is 65.6 Å². The molecule has 1 aromatic heterocycles. The van der Waals surface area contributed by atoms with Crippen LogP contribution in [0.1, 0.15) is 61.9 Å². The molecule has 0 saturated carbocycles. The number of rotatable bonds is 11. The molecule has 37 heavy (non-hydrogen) atoms. The van der Waals surface area contributed by atoms with Crippen LogP contribution in [0.3, 0.4) is 0 Å². The van der Waals surface area contributed by atoms with Gasteiger partial charge in [-0.1, -0.05) is 43.7 Å². The molecule has 6 nitrogen and oxygen atoms in total.